The van der Waals surface area contributed by atoms with Crippen molar-refractivity contribution in [3.8, 4) is 0 Å². The average molecular weight is 425 g/mol. The molecule has 2 nitrogen and oxygen atoms in total. The minimum Gasteiger partial charge on any atom is -0.158 e. The second-order valence-electron chi connectivity index (χ2n) is 10.8. The molecule has 0 aliphatic rings. The summed E-state index contributed by atoms with van der Waals surface area (Å²) in [4.78, 5) is 0. The summed E-state index contributed by atoms with van der Waals surface area (Å²) in [6.07, 6.45) is 2.77. The van der Waals surface area contributed by atoms with E-state index in [1.807, 2.05) is 18.3 Å². The maximum Gasteiger partial charge on any atom is 0.0857 e. The largest absolute Gasteiger partial charge is 0.158 e. The van der Waals surface area contributed by atoms with Gasteiger partial charge in [0.2, 0.25) is 0 Å². The average Bonchev–Trinajstić information content (AvgIpc) is 2.70. The smallest absolute Gasteiger partial charge is 0.0857 e. The molecule has 3 rings (SSSR count). The van der Waals surface area contributed by atoms with Crippen LogP contribution in [0.2, 0.25) is 0 Å². The molecule has 166 valence electrons. The fraction of sp³-hybridized carbons (Fsp3) is 0.333. The summed E-state index contributed by atoms with van der Waals surface area (Å²) in [6, 6.07) is 21.4. The molecule has 0 aliphatic carbocycles. The lowest BCUT2D eigenvalue weighted by atomic mass is 9.78. The Morgan fingerprint density at radius 1 is 0.750 bits per heavy atom. The van der Waals surface area contributed by atoms with Crippen LogP contribution >= 0.6 is 0 Å². The fourth-order valence-corrected chi connectivity index (χ4v) is 3.89. The van der Waals surface area contributed by atoms with Gasteiger partial charge in [-0.15, -0.1) is 0 Å². The van der Waals surface area contributed by atoms with Crippen LogP contribution in [0.5, 0.6) is 0 Å². The van der Waals surface area contributed by atoms with E-state index in [0.717, 1.165) is 22.5 Å². The predicted molar refractivity (Wildman–Crippen MR) is 138 cm³/mol. The van der Waals surface area contributed by atoms with Gasteiger partial charge in [-0.1, -0.05) is 90.1 Å². The zero-order valence-corrected chi connectivity index (χ0v) is 20.7. The Kier molecular flexibility index (Phi) is 6.83. The molecule has 0 spiro atoms. The van der Waals surface area contributed by atoms with Gasteiger partial charge in [0.05, 0.1) is 11.9 Å². The molecule has 32 heavy (non-hydrogen) atoms. The van der Waals surface area contributed by atoms with Crippen LogP contribution in [-0.2, 0) is 17.3 Å². The molecule has 0 radical (unpaired) electrons. The lowest BCUT2D eigenvalue weighted by Crippen LogP contribution is -2.32. The minimum atomic E-state index is 0.0192. The lowest BCUT2D eigenvalue weighted by molar-refractivity contribution is 0.560. The molecule has 0 N–H and O–H groups in total. The van der Waals surface area contributed by atoms with Gasteiger partial charge in [0, 0.05) is 0 Å². The molecule has 0 bridgehead atoms. The molecular formula is C30H36N2. The van der Waals surface area contributed by atoms with E-state index in [2.05, 4.69) is 114 Å². The molecule has 2 heteroatoms. The summed E-state index contributed by atoms with van der Waals surface area (Å²) in [6.45, 7) is 19.9. The minimum absolute atomic E-state index is 0.0192. The van der Waals surface area contributed by atoms with E-state index >= 15 is 0 Å². The van der Waals surface area contributed by atoms with E-state index in [1.165, 1.54) is 27.8 Å². The number of hydrogen-bond acceptors (Lipinski definition) is 2. The van der Waals surface area contributed by atoms with Gasteiger partial charge in [0.15, 0.2) is 0 Å². The zero-order valence-electron chi connectivity index (χ0n) is 20.7. The van der Waals surface area contributed by atoms with Gasteiger partial charge in [-0.25, -0.2) is 0 Å². The predicted octanol–water partition coefficient (Wildman–Crippen LogP) is 7.11. The Hall–Kier alpha value is -3.00. The van der Waals surface area contributed by atoms with Gasteiger partial charge in [-0.2, -0.15) is 10.2 Å². The Labute approximate surface area is 193 Å². The summed E-state index contributed by atoms with van der Waals surface area (Å²) in [5.41, 5.74) is 7.28. The molecule has 0 amide bonds. The lowest BCUT2D eigenvalue weighted by Gasteiger charge is -2.26. The van der Waals surface area contributed by atoms with Crippen molar-refractivity contribution in [3.63, 3.8) is 0 Å². The van der Waals surface area contributed by atoms with Gasteiger partial charge in [0.1, 0.15) is 0 Å². The van der Waals surface area contributed by atoms with Crippen molar-refractivity contribution in [1.29, 1.82) is 0 Å². The second-order valence-corrected chi connectivity index (χ2v) is 10.8. The van der Waals surface area contributed by atoms with E-state index < -0.39 is 0 Å². The van der Waals surface area contributed by atoms with Crippen LogP contribution in [-0.4, -0.2) is 0 Å². The van der Waals surface area contributed by atoms with Crippen molar-refractivity contribution in [2.24, 2.45) is 10.2 Å². The van der Waals surface area contributed by atoms with E-state index in [-0.39, 0.29) is 10.8 Å². The maximum atomic E-state index is 4.42. The molecule has 0 saturated carbocycles. The van der Waals surface area contributed by atoms with Crippen LogP contribution < -0.4 is 10.4 Å². The summed E-state index contributed by atoms with van der Waals surface area (Å²) in [7, 11) is 0. The SMILES string of the molecule is C=c1c(C(C)(C)C)cc(=CN=Nc2ccc(Cc3ccc(C)cc3)cc2)cc1C(C)(C)C. The third-order valence-corrected chi connectivity index (χ3v) is 5.73. The molecule has 0 unspecified atom stereocenters. The number of nitrogens with zero attached hydrogens (tertiary/aromatic N) is 2. The summed E-state index contributed by atoms with van der Waals surface area (Å²) in [5, 5.41) is 11.0. The summed E-state index contributed by atoms with van der Waals surface area (Å²) in [5.74, 6) is 0. The topological polar surface area (TPSA) is 24.7 Å². The number of hydrogen-bond donors (Lipinski definition) is 0. The van der Waals surface area contributed by atoms with Crippen molar-refractivity contribution in [3.05, 3.63) is 98.9 Å². The first kappa shape index (κ1) is 23.7. The van der Waals surface area contributed by atoms with Crippen LogP contribution in [0.1, 0.15) is 69.4 Å². The Bertz CT molecular complexity index is 1160. The molecular weight excluding hydrogens is 388 g/mol. The molecule has 3 aromatic rings. The third kappa shape index (κ3) is 6.03. The Morgan fingerprint density at radius 3 is 1.69 bits per heavy atom. The van der Waals surface area contributed by atoms with Gasteiger partial charge in [-0.3, -0.25) is 0 Å². The normalized spacial score (nSPS) is 12.3. The highest BCUT2D eigenvalue weighted by Crippen LogP contribution is 2.23. The van der Waals surface area contributed by atoms with Gasteiger partial charge < -0.3 is 0 Å². The molecule has 0 saturated heterocycles. The van der Waals surface area contributed by atoms with Crippen LogP contribution in [0.25, 0.3) is 12.8 Å². The van der Waals surface area contributed by atoms with E-state index in [1.54, 1.807) is 0 Å². The summed E-state index contributed by atoms with van der Waals surface area (Å²) < 4.78 is 0. The number of rotatable bonds is 4. The second kappa shape index (κ2) is 9.24. The Balaban J connectivity index is 1.84. The molecule has 0 atom stereocenters. The van der Waals surface area contributed by atoms with Crippen molar-refractivity contribution in [2.45, 2.75) is 65.7 Å². The third-order valence-electron chi connectivity index (χ3n) is 5.73. The number of aryl methyl sites for hydroxylation is 1. The first-order chi connectivity index (χ1) is 14.9. The van der Waals surface area contributed by atoms with Gasteiger partial charge in [0.25, 0.3) is 0 Å². The van der Waals surface area contributed by atoms with E-state index in [0.29, 0.717) is 0 Å². The number of benzene rings is 3. The quantitative estimate of drug-likeness (QED) is 0.399. The van der Waals surface area contributed by atoms with Crippen molar-refractivity contribution < 1.29 is 0 Å². The van der Waals surface area contributed by atoms with Gasteiger partial charge >= 0.3 is 0 Å². The highest BCUT2D eigenvalue weighted by molar-refractivity contribution is 5.42. The molecule has 0 aromatic heterocycles. The van der Waals surface area contributed by atoms with E-state index in [9.17, 15) is 0 Å². The highest BCUT2D eigenvalue weighted by atomic mass is 15.1. The Morgan fingerprint density at radius 2 is 1.22 bits per heavy atom. The van der Waals surface area contributed by atoms with Crippen LogP contribution in [0.4, 0.5) is 5.69 Å². The van der Waals surface area contributed by atoms with Crippen LogP contribution in [0, 0.1) is 6.92 Å². The maximum absolute atomic E-state index is 4.42. The van der Waals surface area contributed by atoms with Crippen LogP contribution in [0.15, 0.2) is 70.9 Å². The summed E-state index contributed by atoms with van der Waals surface area (Å²) >= 11 is 0. The molecule has 0 aliphatic heterocycles. The first-order valence-corrected chi connectivity index (χ1v) is 11.3. The highest BCUT2D eigenvalue weighted by Gasteiger charge is 2.21. The van der Waals surface area contributed by atoms with Gasteiger partial charge in [-0.05, 0) is 81.1 Å². The van der Waals surface area contributed by atoms with Crippen molar-refractivity contribution >= 4 is 18.5 Å². The molecule has 3 aromatic carbocycles. The molecule has 0 heterocycles. The van der Waals surface area contributed by atoms with Crippen molar-refractivity contribution in [1.82, 2.24) is 0 Å². The number of azo groups is 1. The monoisotopic (exact) mass is 424 g/mol. The standard InChI is InChI=1S/C30H36N2/c1-21-9-11-23(12-10-21)17-24-13-15-26(16-14-24)32-31-20-25-18-27(29(3,4)5)22(2)28(19-25)30(6,7)8/h9-16,18-20H,2,17H2,1,3-8H3. The van der Waals surface area contributed by atoms with E-state index in [4.69, 9.17) is 0 Å². The first-order valence-electron chi connectivity index (χ1n) is 11.3. The van der Waals surface area contributed by atoms with Crippen molar-refractivity contribution in [2.75, 3.05) is 0 Å². The zero-order chi connectivity index (χ0) is 23.5. The molecule has 0 fully saturated rings. The fourth-order valence-electron chi connectivity index (χ4n) is 3.89. The van der Waals surface area contributed by atoms with Crippen LogP contribution in [0.3, 0.4) is 0 Å².